The van der Waals surface area contributed by atoms with E-state index in [1.54, 1.807) is 30.9 Å². The number of aromatic nitrogens is 2. The van der Waals surface area contributed by atoms with Crippen LogP contribution < -0.4 is 0 Å². The van der Waals surface area contributed by atoms with Gasteiger partial charge in [0.2, 0.25) is 10.0 Å². The van der Waals surface area contributed by atoms with Crippen molar-refractivity contribution < 1.29 is 8.42 Å². The molecule has 0 saturated heterocycles. The second kappa shape index (κ2) is 9.98. The van der Waals surface area contributed by atoms with Crippen molar-refractivity contribution in [3.63, 3.8) is 0 Å². The van der Waals surface area contributed by atoms with Gasteiger partial charge >= 0.3 is 0 Å². The molecule has 1 saturated carbocycles. The van der Waals surface area contributed by atoms with Gasteiger partial charge in [-0.05, 0) is 55.5 Å². The van der Waals surface area contributed by atoms with Crippen LogP contribution in [0.3, 0.4) is 0 Å². The van der Waals surface area contributed by atoms with Crippen molar-refractivity contribution in [3.05, 3.63) is 53.6 Å². The molecule has 2 aromatic carbocycles. The largest absolute Gasteiger partial charge is 0.316 e. The zero-order valence-electron chi connectivity index (χ0n) is 19.3. The fraction of sp³-hybridized carbons (Fsp3) is 0.480. The first kappa shape index (κ1) is 23.3. The third-order valence-electron chi connectivity index (χ3n) is 6.47. The highest BCUT2D eigenvalue weighted by molar-refractivity contribution is 7.98. The van der Waals surface area contributed by atoms with E-state index >= 15 is 0 Å². The standard InChI is InChI=1S/C25H33N3O2S2/c1-4-5-16-27(3)32(29,30)22-14-15-24-23(17-22)26-25(28(24)21-12-8-9-13-21)31-18-20-11-7-6-10-19(20)2/h6-7,10-11,14-15,17,21H,4-5,8-9,12-13,16,18H2,1-3H3. The molecular formula is C25H33N3O2S2. The highest BCUT2D eigenvalue weighted by Crippen LogP contribution is 2.38. The molecule has 32 heavy (non-hydrogen) atoms. The molecule has 1 aliphatic rings. The molecule has 1 aliphatic carbocycles. The Labute approximate surface area is 196 Å². The summed E-state index contributed by atoms with van der Waals surface area (Å²) in [5.74, 6) is 0.855. The van der Waals surface area contributed by atoms with Crippen molar-refractivity contribution in [2.45, 2.75) is 74.2 Å². The predicted molar refractivity (Wildman–Crippen MR) is 133 cm³/mol. The van der Waals surface area contributed by atoms with E-state index in [4.69, 9.17) is 4.98 Å². The Morgan fingerprint density at radius 1 is 1.16 bits per heavy atom. The van der Waals surface area contributed by atoms with Gasteiger partial charge in [0.05, 0.1) is 15.9 Å². The van der Waals surface area contributed by atoms with E-state index in [0.29, 0.717) is 17.5 Å². The summed E-state index contributed by atoms with van der Waals surface area (Å²) in [4.78, 5) is 5.27. The molecule has 0 unspecified atom stereocenters. The second-order valence-electron chi connectivity index (χ2n) is 8.75. The molecular weight excluding hydrogens is 438 g/mol. The molecule has 1 aromatic heterocycles. The lowest BCUT2D eigenvalue weighted by molar-refractivity contribution is 0.459. The SMILES string of the molecule is CCCCN(C)S(=O)(=O)c1ccc2c(c1)nc(SCc1ccccc1C)n2C1CCCC1. The van der Waals surface area contributed by atoms with E-state index < -0.39 is 10.0 Å². The van der Waals surface area contributed by atoms with Crippen molar-refractivity contribution in [2.75, 3.05) is 13.6 Å². The number of imidazole rings is 1. The van der Waals surface area contributed by atoms with Crippen LogP contribution in [0.1, 0.15) is 62.6 Å². The lowest BCUT2D eigenvalue weighted by atomic mass is 10.1. The number of thioether (sulfide) groups is 1. The Bertz CT molecular complexity index is 1180. The molecule has 172 valence electrons. The maximum Gasteiger partial charge on any atom is 0.242 e. The molecule has 7 heteroatoms. The molecule has 3 aromatic rings. The van der Waals surface area contributed by atoms with Gasteiger partial charge in [-0.3, -0.25) is 0 Å². The first-order valence-electron chi connectivity index (χ1n) is 11.6. The molecule has 1 fully saturated rings. The number of hydrogen-bond acceptors (Lipinski definition) is 4. The van der Waals surface area contributed by atoms with Crippen molar-refractivity contribution in [3.8, 4) is 0 Å². The van der Waals surface area contributed by atoms with Gasteiger partial charge in [0, 0.05) is 25.4 Å². The maximum atomic E-state index is 13.1. The average Bonchev–Trinajstić information content (AvgIpc) is 3.43. The van der Waals surface area contributed by atoms with Gasteiger partial charge < -0.3 is 4.57 Å². The van der Waals surface area contributed by atoms with Crippen molar-refractivity contribution >= 4 is 32.8 Å². The monoisotopic (exact) mass is 471 g/mol. The summed E-state index contributed by atoms with van der Waals surface area (Å²) in [6.07, 6.45) is 6.61. The second-order valence-corrected chi connectivity index (χ2v) is 11.7. The highest BCUT2D eigenvalue weighted by Gasteiger charge is 2.26. The zero-order chi connectivity index (χ0) is 22.7. The number of nitrogens with zero attached hydrogens (tertiary/aromatic N) is 3. The van der Waals surface area contributed by atoms with Crippen LogP contribution in [0.5, 0.6) is 0 Å². The molecule has 0 radical (unpaired) electrons. The van der Waals surface area contributed by atoms with Gasteiger partial charge in [-0.2, -0.15) is 0 Å². The average molecular weight is 472 g/mol. The first-order chi connectivity index (χ1) is 15.4. The summed E-state index contributed by atoms with van der Waals surface area (Å²) in [6.45, 7) is 4.74. The molecule has 4 rings (SSSR count). The van der Waals surface area contributed by atoms with Crippen LogP contribution >= 0.6 is 11.8 Å². The van der Waals surface area contributed by atoms with E-state index in [9.17, 15) is 8.42 Å². The van der Waals surface area contributed by atoms with E-state index in [-0.39, 0.29) is 0 Å². The van der Waals surface area contributed by atoms with E-state index in [0.717, 1.165) is 47.6 Å². The number of benzene rings is 2. The van der Waals surface area contributed by atoms with Gasteiger partial charge in [-0.15, -0.1) is 0 Å². The van der Waals surface area contributed by atoms with Gasteiger partial charge in [0.15, 0.2) is 5.16 Å². The van der Waals surface area contributed by atoms with Crippen LogP contribution in [0.2, 0.25) is 0 Å². The quantitative estimate of drug-likeness (QED) is 0.350. The maximum absolute atomic E-state index is 13.1. The van der Waals surface area contributed by atoms with Crippen LogP contribution in [-0.2, 0) is 15.8 Å². The summed E-state index contributed by atoms with van der Waals surface area (Å²) in [5.41, 5.74) is 4.41. The summed E-state index contributed by atoms with van der Waals surface area (Å²) >= 11 is 1.75. The number of sulfonamides is 1. The number of rotatable bonds is 9. The third kappa shape index (κ3) is 4.75. The fourth-order valence-corrected chi connectivity index (χ4v) is 6.82. The molecule has 5 nitrogen and oxygen atoms in total. The zero-order valence-corrected chi connectivity index (χ0v) is 20.9. The summed E-state index contributed by atoms with van der Waals surface area (Å²) in [5, 5.41) is 0.990. The molecule has 0 spiro atoms. The van der Waals surface area contributed by atoms with E-state index in [1.807, 2.05) is 6.07 Å². The molecule has 0 aliphatic heterocycles. The Hall–Kier alpha value is -1.83. The van der Waals surface area contributed by atoms with Crippen LogP contribution in [0.25, 0.3) is 11.0 Å². The highest BCUT2D eigenvalue weighted by atomic mass is 32.2. The normalized spacial score (nSPS) is 15.2. The van der Waals surface area contributed by atoms with Crippen molar-refractivity contribution in [2.24, 2.45) is 0 Å². The molecule has 0 bridgehead atoms. The molecule has 0 amide bonds. The summed E-state index contributed by atoms with van der Waals surface area (Å²) in [7, 11) is -1.85. The Morgan fingerprint density at radius 2 is 1.91 bits per heavy atom. The topological polar surface area (TPSA) is 55.2 Å². The van der Waals surface area contributed by atoms with E-state index in [2.05, 4.69) is 42.7 Å². The predicted octanol–water partition coefficient (Wildman–Crippen LogP) is 6.17. The molecule has 0 N–H and O–H groups in total. The van der Waals surface area contributed by atoms with Crippen LogP contribution in [-0.4, -0.2) is 35.9 Å². The van der Waals surface area contributed by atoms with Crippen molar-refractivity contribution in [1.82, 2.24) is 13.9 Å². The Kier molecular flexibility index (Phi) is 7.27. The Morgan fingerprint density at radius 3 is 2.62 bits per heavy atom. The lowest BCUT2D eigenvalue weighted by Gasteiger charge is -2.18. The summed E-state index contributed by atoms with van der Waals surface area (Å²) < 4.78 is 29.9. The minimum atomic E-state index is -3.51. The van der Waals surface area contributed by atoms with Crippen molar-refractivity contribution in [1.29, 1.82) is 0 Å². The third-order valence-corrected chi connectivity index (χ3v) is 9.33. The van der Waals surface area contributed by atoms with Crippen LogP contribution in [0.15, 0.2) is 52.5 Å². The summed E-state index contributed by atoms with van der Waals surface area (Å²) in [6, 6.07) is 14.4. The minimum absolute atomic E-state index is 0.329. The first-order valence-corrected chi connectivity index (χ1v) is 14.0. The smallest absolute Gasteiger partial charge is 0.242 e. The number of fused-ring (bicyclic) bond motifs is 1. The number of hydrogen-bond donors (Lipinski definition) is 0. The van der Waals surface area contributed by atoms with Gasteiger partial charge in [-0.1, -0.05) is 62.2 Å². The molecule has 1 heterocycles. The number of unbranched alkanes of at least 4 members (excludes halogenated alkanes) is 1. The lowest BCUT2D eigenvalue weighted by Crippen LogP contribution is -2.27. The molecule has 0 atom stereocenters. The minimum Gasteiger partial charge on any atom is -0.316 e. The van der Waals surface area contributed by atoms with Gasteiger partial charge in [0.25, 0.3) is 0 Å². The van der Waals surface area contributed by atoms with Gasteiger partial charge in [0.1, 0.15) is 0 Å². The number of aryl methyl sites for hydroxylation is 1. The van der Waals surface area contributed by atoms with E-state index in [1.165, 1.54) is 28.3 Å². The van der Waals surface area contributed by atoms with Crippen LogP contribution in [0.4, 0.5) is 0 Å². The van der Waals surface area contributed by atoms with Gasteiger partial charge in [-0.25, -0.2) is 17.7 Å². The van der Waals surface area contributed by atoms with Crippen LogP contribution in [0, 0.1) is 6.92 Å². The fourth-order valence-electron chi connectivity index (χ4n) is 4.43. The Balaban J connectivity index is 1.69.